The number of carbonyl (C=O) groups excluding carboxylic acids is 1. The number of rotatable bonds is 8. The maximum Gasteiger partial charge on any atom is 0.310 e. The molecule has 1 aliphatic rings. The highest BCUT2D eigenvalue weighted by Crippen LogP contribution is 2.28. The van der Waals surface area contributed by atoms with E-state index in [1.807, 2.05) is 0 Å². The average Bonchev–Trinajstić information content (AvgIpc) is 2.43. The van der Waals surface area contributed by atoms with Crippen LogP contribution in [0.25, 0.3) is 0 Å². The zero-order chi connectivity index (χ0) is 14.8. The van der Waals surface area contributed by atoms with Crippen LogP contribution in [0.5, 0.6) is 0 Å². The van der Waals surface area contributed by atoms with Gasteiger partial charge >= 0.3 is 11.9 Å². The van der Waals surface area contributed by atoms with Crippen molar-refractivity contribution in [3.8, 4) is 0 Å². The summed E-state index contributed by atoms with van der Waals surface area (Å²) in [6.07, 6.45) is 7.33. The van der Waals surface area contributed by atoms with Gasteiger partial charge in [-0.15, -0.1) is 0 Å². The number of allylic oxidation sites excluding steroid dienone is 1. The fraction of sp³-hybridized carbons (Fsp3) is 0.600. The van der Waals surface area contributed by atoms with Crippen molar-refractivity contribution in [2.45, 2.75) is 44.9 Å². The minimum absolute atomic E-state index is 0.00332. The Morgan fingerprint density at radius 2 is 2.00 bits per heavy atom. The molecule has 112 valence electrons. The first-order valence-corrected chi connectivity index (χ1v) is 6.93. The van der Waals surface area contributed by atoms with Crippen LogP contribution in [0.2, 0.25) is 0 Å². The van der Waals surface area contributed by atoms with E-state index in [0.717, 1.165) is 31.3 Å². The van der Waals surface area contributed by atoms with Gasteiger partial charge in [0.15, 0.2) is 0 Å². The van der Waals surface area contributed by atoms with Crippen molar-refractivity contribution in [3.63, 3.8) is 0 Å². The van der Waals surface area contributed by atoms with Gasteiger partial charge in [0.2, 0.25) is 0 Å². The van der Waals surface area contributed by atoms with Gasteiger partial charge in [-0.05, 0) is 43.6 Å². The highest BCUT2D eigenvalue weighted by Gasteiger charge is 2.17. The first kappa shape index (κ1) is 16.3. The largest absolute Gasteiger partial charge is 0.502 e. The molecule has 0 bridgehead atoms. The standard InChI is InChI=1S/C15H22O5/c1-2-19-10-12-6-8-13(9-7-12)11-20-15(18)5-3-4-14(16)17/h2,11-12H,1,3-10H2,(H,16,17). The molecule has 20 heavy (non-hydrogen) atoms. The summed E-state index contributed by atoms with van der Waals surface area (Å²) >= 11 is 0. The van der Waals surface area contributed by atoms with E-state index in [2.05, 4.69) is 6.58 Å². The lowest BCUT2D eigenvalue weighted by Crippen LogP contribution is -2.13. The predicted octanol–water partition coefficient (Wildman–Crippen LogP) is 3.02. The van der Waals surface area contributed by atoms with Crippen molar-refractivity contribution in [1.29, 1.82) is 0 Å². The fourth-order valence-corrected chi connectivity index (χ4v) is 2.13. The molecule has 0 aromatic carbocycles. The van der Waals surface area contributed by atoms with E-state index in [0.29, 0.717) is 18.9 Å². The van der Waals surface area contributed by atoms with Gasteiger partial charge in [-0.25, -0.2) is 0 Å². The number of esters is 1. The summed E-state index contributed by atoms with van der Waals surface area (Å²) in [4.78, 5) is 21.7. The Kier molecular flexibility index (Phi) is 7.47. The van der Waals surface area contributed by atoms with Crippen LogP contribution in [-0.2, 0) is 19.1 Å². The Bertz CT molecular complexity index is 362. The zero-order valence-corrected chi connectivity index (χ0v) is 11.7. The van der Waals surface area contributed by atoms with Crippen molar-refractivity contribution in [2.24, 2.45) is 5.92 Å². The summed E-state index contributed by atoms with van der Waals surface area (Å²) in [7, 11) is 0. The molecule has 1 saturated carbocycles. The van der Waals surface area contributed by atoms with Gasteiger partial charge < -0.3 is 14.6 Å². The molecular formula is C15H22O5. The highest BCUT2D eigenvalue weighted by atomic mass is 16.5. The Hall–Kier alpha value is -1.78. The lowest BCUT2D eigenvalue weighted by atomic mass is 9.87. The molecular weight excluding hydrogens is 260 g/mol. The molecule has 0 radical (unpaired) electrons. The normalized spacial score (nSPS) is 18.2. The monoisotopic (exact) mass is 282 g/mol. The van der Waals surface area contributed by atoms with E-state index in [1.54, 1.807) is 0 Å². The van der Waals surface area contributed by atoms with Crippen molar-refractivity contribution in [1.82, 2.24) is 0 Å². The zero-order valence-electron chi connectivity index (χ0n) is 11.7. The third-order valence-electron chi connectivity index (χ3n) is 3.33. The Labute approximate surface area is 119 Å². The third kappa shape index (κ3) is 6.97. The molecule has 0 aliphatic heterocycles. The summed E-state index contributed by atoms with van der Waals surface area (Å²) < 4.78 is 10.2. The Balaban J connectivity index is 2.18. The number of aliphatic carboxylic acids is 1. The summed E-state index contributed by atoms with van der Waals surface area (Å²) in [6, 6.07) is 0. The molecule has 0 aromatic rings. The SMILES string of the molecule is C=COCC1CCC(=COC(=O)CCCC(=O)O)CC1. The first-order chi connectivity index (χ1) is 9.61. The molecule has 0 heterocycles. The number of carboxylic acid groups (broad SMARTS) is 1. The summed E-state index contributed by atoms with van der Waals surface area (Å²) in [5.74, 6) is -0.719. The molecule has 1 fully saturated rings. The predicted molar refractivity (Wildman–Crippen MR) is 73.8 cm³/mol. The maximum absolute atomic E-state index is 11.4. The van der Waals surface area contributed by atoms with Crippen LogP contribution >= 0.6 is 0 Å². The molecule has 0 amide bonds. The van der Waals surface area contributed by atoms with Crippen LogP contribution in [0.1, 0.15) is 44.9 Å². The summed E-state index contributed by atoms with van der Waals surface area (Å²) in [5, 5.41) is 8.47. The minimum atomic E-state index is -0.892. The van der Waals surface area contributed by atoms with Crippen molar-refractivity contribution >= 4 is 11.9 Å². The van der Waals surface area contributed by atoms with E-state index in [9.17, 15) is 9.59 Å². The molecule has 1 rings (SSSR count). The molecule has 0 spiro atoms. The molecule has 0 atom stereocenters. The Morgan fingerprint density at radius 1 is 1.30 bits per heavy atom. The maximum atomic E-state index is 11.4. The van der Waals surface area contributed by atoms with E-state index in [1.165, 1.54) is 12.5 Å². The van der Waals surface area contributed by atoms with E-state index < -0.39 is 5.97 Å². The molecule has 5 nitrogen and oxygen atoms in total. The van der Waals surface area contributed by atoms with Gasteiger partial charge in [-0.3, -0.25) is 9.59 Å². The van der Waals surface area contributed by atoms with Gasteiger partial charge in [-0.2, -0.15) is 0 Å². The molecule has 1 N–H and O–H groups in total. The summed E-state index contributed by atoms with van der Waals surface area (Å²) in [6.45, 7) is 4.22. The second kappa shape index (κ2) is 9.18. The van der Waals surface area contributed by atoms with Crippen LogP contribution < -0.4 is 0 Å². The topological polar surface area (TPSA) is 72.8 Å². The van der Waals surface area contributed by atoms with Crippen LogP contribution in [0.4, 0.5) is 0 Å². The molecule has 0 saturated heterocycles. The second-order valence-corrected chi connectivity index (χ2v) is 4.96. The van der Waals surface area contributed by atoms with Crippen LogP contribution in [0.3, 0.4) is 0 Å². The van der Waals surface area contributed by atoms with Gasteiger partial charge in [0.1, 0.15) is 0 Å². The average molecular weight is 282 g/mol. The van der Waals surface area contributed by atoms with E-state index in [-0.39, 0.29) is 18.8 Å². The minimum Gasteiger partial charge on any atom is -0.502 e. The van der Waals surface area contributed by atoms with E-state index in [4.69, 9.17) is 14.6 Å². The van der Waals surface area contributed by atoms with Gasteiger partial charge in [-0.1, -0.05) is 6.58 Å². The quantitative estimate of drug-likeness (QED) is 0.547. The fourth-order valence-electron chi connectivity index (χ4n) is 2.13. The molecule has 0 unspecified atom stereocenters. The Morgan fingerprint density at radius 3 is 2.60 bits per heavy atom. The number of hydrogen-bond acceptors (Lipinski definition) is 4. The van der Waals surface area contributed by atoms with Crippen molar-refractivity contribution in [3.05, 3.63) is 24.7 Å². The smallest absolute Gasteiger partial charge is 0.310 e. The lowest BCUT2D eigenvalue weighted by Gasteiger charge is -2.22. The third-order valence-corrected chi connectivity index (χ3v) is 3.33. The van der Waals surface area contributed by atoms with Crippen LogP contribution in [0.15, 0.2) is 24.7 Å². The first-order valence-electron chi connectivity index (χ1n) is 6.93. The highest BCUT2D eigenvalue weighted by molar-refractivity contribution is 5.71. The number of ether oxygens (including phenoxy) is 2. The number of carbonyl (C=O) groups is 2. The molecule has 0 aromatic heterocycles. The van der Waals surface area contributed by atoms with E-state index >= 15 is 0 Å². The van der Waals surface area contributed by atoms with Crippen LogP contribution in [-0.4, -0.2) is 23.7 Å². The van der Waals surface area contributed by atoms with Gasteiger partial charge in [0.25, 0.3) is 0 Å². The number of hydrogen-bond donors (Lipinski definition) is 1. The molecule has 5 heteroatoms. The van der Waals surface area contributed by atoms with Gasteiger partial charge in [0.05, 0.1) is 19.1 Å². The van der Waals surface area contributed by atoms with Crippen molar-refractivity contribution in [2.75, 3.05) is 6.61 Å². The number of carboxylic acids is 1. The lowest BCUT2D eigenvalue weighted by molar-refractivity contribution is -0.139. The second-order valence-electron chi connectivity index (χ2n) is 4.96. The van der Waals surface area contributed by atoms with Gasteiger partial charge in [0, 0.05) is 12.8 Å². The molecule has 1 aliphatic carbocycles. The van der Waals surface area contributed by atoms with Crippen LogP contribution in [0, 0.1) is 5.92 Å². The summed E-state index contributed by atoms with van der Waals surface area (Å²) in [5.41, 5.74) is 1.13. The van der Waals surface area contributed by atoms with Crippen molar-refractivity contribution < 1.29 is 24.2 Å².